The molecule has 7 rings (SSSR count). The number of nitrogens with one attached hydrogen (secondary N) is 2. The van der Waals surface area contributed by atoms with Crippen molar-refractivity contribution in [2.45, 2.75) is 49.7 Å². The van der Waals surface area contributed by atoms with Crippen LogP contribution in [0.1, 0.15) is 26.7 Å². The highest BCUT2D eigenvalue weighted by Gasteiger charge is 2.56. The number of anilines is 3. The van der Waals surface area contributed by atoms with E-state index in [0.717, 1.165) is 24.3 Å². The smallest absolute Gasteiger partial charge is 0.267 e. The summed E-state index contributed by atoms with van der Waals surface area (Å²) in [5.74, 6) is -2.93. The quantitative estimate of drug-likeness (QED) is 0.253. The van der Waals surface area contributed by atoms with Crippen LogP contribution < -0.4 is 14.9 Å². The SMILES string of the molecule is C[C@@H]1COC[C@@H](C)N1c1nc(-c2cccc(NS(=O)(=O)c3c(F)cccc3F)c2F)c(-c2ccnc(NC3CC4(C3)CS(=O)(=O)C4)n2)s1. The summed E-state index contributed by atoms with van der Waals surface area (Å²) in [7, 11) is -7.80. The number of thiazole rings is 1. The molecule has 2 aliphatic heterocycles. The lowest BCUT2D eigenvalue weighted by molar-refractivity contribution is 0.0756. The zero-order chi connectivity index (χ0) is 34.0. The van der Waals surface area contributed by atoms with Crippen LogP contribution >= 0.6 is 11.3 Å². The van der Waals surface area contributed by atoms with Crippen LogP contribution in [-0.2, 0) is 24.6 Å². The summed E-state index contributed by atoms with van der Waals surface area (Å²) >= 11 is 1.28. The third-order valence-corrected chi connectivity index (χ3v) is 13.4. The Balaban J connectivity index is 1.25. The van der Waals surface area contributed by atoms with Crippen LogP contribution in [0.2, 0.25) is 0 Å². The second-order valence-electron chi connectivity index (χ2n) is 12.7. The summed E-state index contributed by atoms with van der Waals surface area (Å²) < 4.78 is 102. The van der Waals surface area contributed by atoms with Gasteiger partial charge in [0.25, 0.3) is 10.0 Å². The Labute approximate surface area is 279 Å². The van der Waals surface area contributed by atoms with Crippen molar-refractivity contribution in [2.75, 3.05) is 39.7 Å². The summed E-state index contributed by atoms with van der Waals surface area (Å²) in [6.07, 6.45) is 2.93. The Kier molecular flexibility index (Phi) is 8.16. The Morgan fingerprint density at radius 2 is 1.65 bits per heavy atom. The molecule has 0 bridgehead atoms. The van der Waals surface area contributed by atoms with E-state index in [0.29, 0.717) is 47.7 Å². The average Bonchev–Trinajstić information content (AvgIpc) is 3.41. The van der Waals surface area contributed by atoms with Crippen LogP contribution in [0.4, 0.5) is 29.9 Å². The van der Waals surface area contributed by atoms with E-state index in [1.54, 1.807) is 12.3 Å². The highest BCUT2D eigenvalue weighted by atomic mass is 32.2. The van der Waals surface area contributed by atoms with E-state index in [2.05, 4.69) is 15.2 Å². The minimum absolute atomic E-state index is 0.00345. The van der Waals surface area contributed by atoms with Gasteiger partial charge in [0.15, 0.2) is 25.7 Å². The number of hydrogen-bond acceptors (Lipinski definition) is 11. The van der Waals surface area contributed by atoms with E-state index in [1.165, 1.54) is 23.5 Å². The molecule has 2 N–H and O–H groups in total. The van der Waals surface area contributed by atoms with Gasteiger partial charge in [-0.15, -0.1) is 0 Å². The molecule has 0 amide bonds. The van der Waals surface area contributed by atoms with Crippen LogP contribution in [0.15, 0.2) is 53.6 Å². The van der Waals surface area contributed by atoms with Gasteiger partial charge in [0.05, 0.1) is 58.8 Å². The number of halogens is 3. The molecule has 0 unspecified atom stereocenters. The number of ether oxygens (including phenoxy) is 1. The Hall–Kier alpha value is -3.80. The highest BCUT2D eigenvalue weighted by Crippen LogP contribution is 2.51. The molecule has 48 heavy (non-hydrogen) atoms. The minimum atomic E-state index is -4.85. The maximum absolute atomic E-state index is 16.3. The van der Waals surface area contributed by atoms with E-state index in [4.69, 9.17) is 14.7 Å². The van der Waals surface area contributed by atoms with Crippen molar-refractivity contribution in [3.63, 3.8) is 0 Å². The van der Waals surface area contributed by atoms with Crippen molar-refractivity contribution in [2.24, 2.45) is 5.41 Å². The fraction of sp³-hybridized carbons (Fsp3) is 0.387. The normalized spacial score (nSPS) is 21.8. The van der Waals surface area contributed by atoms with Gasteiger partial charge in [-0.05, 0) is 57.0 Å². The number of sulfone groups is 1. The fourth-order valence-electron chi connectivity index (χ4n) is 6.84. The van der Waals surface area contributed by atoms with Crippen LogP contribution in [-0.4, -0.2) is 74.6 Å². The lowest BCUT2D eigenvalue weighted by Gasteiger charge is -2.53. The van der Waals surface area contributed by atoms with Gasteiger partial charge in [0.1, 0.15) is 11.6 Å². The number of sulfonamides is 1. The number of benzene rings is 2. The fourth-order valence-corrected chi connectivity index (χ4v) is 11.5. The van der Waals surface area contributed by atoms with E-state index >= 15 is 4.39 Å². The van der Waals surface area contributed by atoms with E-state index < -0.39 is 47.9 Å². The van der Waals surface area contributed by atoms with Gasteiger partial charge < -0.3 is 15.0 Å². The summed E-state index contributed by atoms with van der Waals surface area (Å²) in [5, 5.41) is 3.85. The predicted octanol–water partition coefficient (Wildman–Crippen LogP) is 5.09. The number of rotatable bonds is 8. The molecule has 2 aromatic heterocycles. The van der Waals surface area contributed by atoms with Crippen LogP contribution in [0.5, 0.6) is 0 Å². The Morgan fingerprint density at radius 3 is 2.31 bits per heavy atom. The second-order valence-corrected chi connectivity index (χ2v) is 17.3. The molecule has 2 saturated heterocycles. The second kappa shape index (κ2) is 12.0. The highest BCUT2D eigenvalue weighted by molar-refractivity contribution is 7.93. The van der Waals surface area contributed by atoms with Crippen LogP contribution in [0.3, 0.4) is 0 Å². The molecular weight excluding hydrogens is 690 g/mol. The van der Waals surface area contributed by atoms with Gasteiger partial charge in [-0.1, -0.05) is 23.5 Å². The largest absolute Gasteiger partial charge is 0.377 e. The van der Waals surface area contributed by atoms with Crippen LogP contribution in [0.25, 0.3) is 21.8 Å². The van der Waals surface area contributed by atoms with Crippen molar-refractivity contribution in [3.05, 3.63) is 66.1 Å². The van der Waals surface area contributed by atoms with Crippen molar-refractivity contribution >= 4 is 48.0 Å². The minimum Gasteiger partial charge on any atom is -0.377 e. The molecular formula is C31H31F3N6O5S3. The zero-order valence-corrected chi connectivity index (χ0v) is 28.2. The number of nitrogens with zero attached hydrogens (tertiary/aromatic N) is 4. The van der Waals surface area contributed by atoms with E-state index in [1.807, 2.05) is 18.6 Å². The van der Waals surface area contributed by atoms with Gasteiger partial charge in [0.2, 0.25) is 5.95 Å². The van der Waals surface area contributed by atoms with E-state index in [-0.39, 0.29) is 46.3 Å². The summed E-state index contributed by atoms with van der Waals surface area (Å²) in [5.41, 5.74) is -0.148. The molecule has 4 aromatic rings. The van der Waals surface area contributed by atoms with Gasteiger partial charge in [-0.25, -0.2) is 45.0 Å². The Bertz CT molecular complexity index is 2080. The first-order chi connectivity index (χ1) is 22.7. The summed E-state index contributed by atoms with van der Waals surface area (Å²) in [4.78, 5) is 15.2. The maximum Gasteiger partial charge on any atom is 0.267 e. The standard InChI is InChI=1S/C31H31F3N6O5S3/c1-17-13-45-14-18(2)40(17)30-38-26(20-5-3-8-23(25(20)34)39-48(43,44)28-21(32)6-4-7-22(28)33)27(46-30)24-9-10-35-29(37-24)36-19-11-31(12-19)15-47(41,42)16-31/h3-10,17-19,39H,11-16H2,1-2H3,(H,35,36,37)/t17-,18-/m1/s1. The molecule has 1 spiro atoms. The third-order valence-electron chi connectivity index (χ3n) is 8.82. The molecule has 4 heterocycles. The number of aromatic nitrogens is 3. The van der Waals surface area contributed by atoms with Crippen LogP contribution in [0, 0.1) is 22.9 Å². The molecule has 2 atom stereocenters. The van der Waals surface area contributed by atoms with Gasteiger partial charge in [-0.2, -0.15) is 0 Å². The molecule has 254 valence electrons. The first kappa shape index (κ1) is 32.7. The maximum atomic E-state index is 16.3. The lowest BCUT2D eigenvalue weighted by atomic mass is 9.67. The van der Waals surface area contributed by atoms with Gasteiger partial charge >= 0.3 is 0 Å². The first-order valence-corrected chi connectivity index (χ1v) is 19.3. The lowest BCUT2D eigenvalue weighted by Crippen LogP contribution is -2.60. The Morgan fingerprint density at radius 1 is 0.979 bits per heavy atom. The first-order valence-electron chi connectivity index (χ1n) is 15.2. The predicted molar refractivity (Wildman–Crippen MR) is 176 cm³/mol. The number of morpholine rings is 1. The van der Waals surface area contributed by atoms with Crippen molar-refractivity contribution in [1.29, 1.82) is 0 Å². The monoisotopic (exact) mass is 720 g/mol. The summed E-state index contributed by atoms with van der Waals surface area (Å²) in [6.45, 7) is 4.89. The molecule has 17 heteroatoms. The average molecular weight is 721 g/mol. The summed E-state index contributed by atoms with van der Waals surface area (Å²) in [6, 6.07) is 8.18. The molecule has 3 fully saturated rings. The third kappa shape index (κ3) is 6.01. The van der Waals surface area contributed by atoms with Gasteiger partial charge in [-0.3, -0.25) is 4.72 Å². The van der Waals surface area contributed by atoms with Gasteiger partial charge in [0, 0.05) is 23.2 Å². The molecule has 11 nitrogen and oxygen atoms in total. The molecule has 2 aromatic carbocycles. The van der Waals surface area contributed by atoms with Crippen molar-refractivity contribution in [3.8, 4) is 21.8 Å². The number of hydrogen-bond donors (Lipinski definition) is 2. The molecule has 0 radical (unpaired) electrons. The molecule has 1 aliphatic carbocycles. The van der Waals surface area contributed by atoms with Crippen molar-refractivity contribution < 1.29 is 34.7 Å². The molecule has 3 aliphatic rings. The van der Waals surface area contributed by atoms with E-state index in [9.17, 15) is 25.6 Å². The van der Waals surface area contributed by atoms with Crippen molar-refractivity contribution in [1.82, 2.24) is 15.0 Å². The topological polar surface area (TPSA) is 143 Å². The molecule has 1 saturated carbocycles. The zero-order valence-electron chi connectivity index (χ0n) is 25.8.